The minimum atomic E-state index is -1.27. The van der Waals surface area contributed by atoms with Gasteiger partial charge in [-0.2, -0.15) is 4.79 Å². The maximum absolute atomic E-state index is 13.2. The van der Waals surface area contributed by atoms with Crippen molar-refractivity contribution >= 4 is 35.7 Å². The molecule has 1 aromatic rings. The molecule has 0 radical (unpaired) electrons. The van der Waals surface area contributed by atoms with E-state index < -0.39 is 35.6 Å². The van der Waals surface area contributed by atoms with Gasteiger partial charge in [-0.3, -0.25) is 4.79 Å². The Morgan fingerprint density at radius 2 is 1.94 bits per heavy atom. The van der Waals surface area contributed by atoms with Crippen molar-refractivity contribution < 1.29 is 33.4 Å². The minimum Gasteiger partial charge on any atom is -0.463 e. The highest BCUT2D eigenvalue weighted by atomic mass is 16.5. The average molecular weight is 426 g/mol. The molecule has 1 atom stereocenters. The highest BCUT2D eigenvalue weighted by Gasteiger charge is 2.49. The number of urea groups is 1. The number of carbonyl (C=O) groups is 4. The van der Waals surface area contributed by atoms with Gasteiger partial charge < -0.3 is 19.9 Å². The zero-order chi connectivity index (χ0) is 23.3. The van der Waals surface area contributed by atoms with E-state index in [4.69, 9.17) is 4.74 Å². The highest BCUT2D eigenvalue weighted by molar-refractivity contribution is 6.62. The van der Waals surface area contributed by atoms with E-state index in [1.54, 1.807) is 31.2 Å². The SMILES string of the molecule is C=Cc1ccccc1C1C(C(=O)OCC)=C(C)N(C)C(=O)N1C(=O)C(=[N+]=[N-])C(=O)OC. The predicted octanol–water partition coefficient (Wildman–Crippen LogP) is 1.95. The third-order valence-electron chi connectivity index (χ3n) is 4.82. The number of methoxy groups -OCH3 is 1. The van der Waals surface area contributed by atoms with Gasteiger partial charge in [-0.05, 0) is 25.0 Å². The summed E-state index contributed by atoms with van der Waals surface area (Å²) in [5.41, 5.74) is 9.42. The average Bonchev–Trinajstić information content (AvgIpc) is 2.77. The molecule has 1 heterocycles. The van der Waals surface area contributed by atoms with Crippen molar-refractivity contribution in [3.63, 3.8) is 0 Å². The van der Waals surface area contributed by atoms with Gasteiger partial charge in [0.1, 0.15) is 6.04 Å². The number of hydrogen-bond donors (Lipinski definition) is 0. The molecule has 0 saturated carbocycles. The molecule has 0 aliphatic carbocycles. The molecule has 1 unspecified atom stereocenters. The second-order valence-electron chi connectivity index (χ2n) is 6.41. The molecule has 1 aromatic carbocycles. The van der Waals surface area contributed by atoms with Crippen LogP contribution in [0.3, 0.4) is 0 Å². The number of ether oxygens (including phenoxy) is 2. The quantitative estimate of drug-likeness (QED) is 0.225. The van der Waals surface area contributed by atoms with Gasteiger partial charge in [0, 0.05) is 12.7 Å². The second-order valence-corrected chi connectivity index (χ2v) is 6.41. The molecule has 10 nitrogen and oxygen atoms in total. The van der Waals surface area contributed by atoms with Crippen LogP contribution in [0.15, 0.2) is 42.1 Å². The summed E-state index contributed by atoms with van der Waals surface area (Å²) in [5.74, 6) is -3.24. The Morgan fingerprint density at radius 3 is 2.48 bits per heavy atom. The summed E-state index contributed by atoms with van der Waals surface area (Å²) in [5, 5.41) is 0. The smallest absolute Gasteiger partial charge is 0.463 e. The molecule has 0 aromatic heterocycles. The maximum Gasteiger partial charge on any atom is 0.463 e. The lowest BCUT2D eigenvalue weighted by molar-refractivity contribution is -0.142. The van der Waals surface area contributed by atoms with Crippen molar-refractivity contribution in [2.75, 3.05) is 20.8 Å². The zero-order valence-electron chi connectivity index (χ0n) is 17.6. The van der Waals surface area contributed by atoms with E-state index in [1.807, 2.05) is 0 Å². The van der Waals surface area contributed by atoms with Gasteiger partial charge in [-0.25, -0.2) is 19.3 Å². The summed E-state index contributed by atoms with van der Waals surface area (Å²) in [6.07, 6.45) is 1.50. The van der Waals surface area contributed by atoms with Crippen LogP contribution in [0, 0.1) is 0 Å². The molecule has 0 saturated heterocycles. The number of imide groups is 1. The largest absolute Gasteiger partial charge is 0.463 e. The Hall–Kier alpha value is -4.04. The van der Waals surface area contributed by atoms with Gasteiger partial charge in [-0.1, -0.05) is 36.9 Å². The van der Waals surface area contributed by atoms with Crippen LogP contribution >= 0.6 is 0 Å². The third kappa shape index (κ3) is 4.15. The van der Waals surface area contributed by atoms with E-state index in [-0.39, 0.29) is 17.9 Å². The molecule has 1 aliphatic heterocycles. The summed E-state index contributed by atoms with van der Waals surface area (Å²) in [6.45, 7) is 6.96. The first-order chi connectivity index (χ1) is 14.7. The first kappa shape index (κ1) is 23.2. The van der Waals surface area contributed by atoms with Crippen LogP contribution in [0.1, 0.15) is 31.0 Å². The lowest BCUT2D eigenvalue weighted by atomic mass is 9.89. The van der Waals surface area contributed by atoms with Gasteiger partial charge in [-0.15, -0.1) is 0 Å². The Kier molecular flexibility index (Phi) is 7.23. The molecule has 1 aliphatic rings. The summed E-state index contributed by atoms with van der Waals surface area (Å²) in [7, 11) is 2.35. The van der Waals surface area contributed by atoms with Crippen LogP contribution in [0.4, 0.5) is 4.79 Å². The van der Waals surface area contributed by atoms with Crippen molar-refractivity contribution in [2.24, 2.45) is 0 Å². The fourth-order valence-electron chi connectivity index (χ4n) is 3.22. The molecular weight excluding hydrogens is 404 g/mol. The Balaban J connectivity index is 2.86. The van der Waals surface area contributed by atoms with Gasteiger partial charge in [0.25, 0.3) is 0 Å². The number of hydrogen-bond acceptors (Lipinski definition) is 6. The first-order valence-electron chi connectivity index (χ1n) is 9.25. The molecule has 3 amide bonds. The Morgan fingerprint density at radius 1 is 1.29 bits per heavy atom. The van der Waals surface area contributed by atoms with Crippen LogP contribution in [0.25, 0.3) is 11.6 Å². The molecular formula is C21H22N4O6. The van der Waals surface area contributed by atoms with E-state index >= 15 is 0 Å². The number of amides is 3. The van der Waals surface area contributed by atoms with Crippen molar-refractivity contribution in [3.8, 4) is 0 Å². The number of nitrogens with zero attached hydrogens (tertiary/aromatic N) is 4. The molecule has 10 heteroatoms. The topological polar surface area (TPSA) is 130 Å². The van der Waals surface area contributed by atoms with Crippen molar-refractivity contribution in [1.29, 1.82) is 0 Å². The summed E-state index contributed by atoms with van der Waals surface area (Å²) in [4.78, 5) is 55.6. The second kappa shape index (κ2) is 9.64. The molecule has 0 N–H and O–H groups in total. The van der Waals surface area contributed by atoms with E-state index in [0.29, 0.717) is 16.0 Å². The third-order valence-corrected chi connectivity index (χ3v) is 4.82. The highest BCUT2D eigenvalue weighted by Crippen LogP contribution is 2.39. The maximum atomic E-state index is 13.2. The lowest BCUT2D eigenvalue weighted by Crippen LogP contribution is -2.55. The summed E-state index contributed by atoms with van der Waals surface area (Å²) >= 11 is 0. The van der Waals surface area contributed by atoms with Gasteiger partial charge in [0.15, 0.2) is 0 Å². The molecule has 2 rings (SSSR count). The minimum absolute atomic E-state index is 0.00811. The molecule has 0 fully saturated rings. The van der Waals surface area contributed by atoms with E-state index in [1.165, 1.54) is 20.0 Å². The number of carbonyl (C=O) groups excluding carboxylic acids is 4. The number of rotatable bonds is 6. The first-order valence-corrected chi connectivity index (χ1v) is 9.25. The fourth-order valence-corrected chi connectivity index (χ4v) is 3.22. The van der Waals surface area contributed by atoms with E-state index in [0.717, 1.165) is 12.0 Å². The molecule has 162 valence electrons. The van der Waals surface area contributed by atoms with Gasteiger partial charge in [0.2, 0.25) is 0 Å². The van der Waals surface area contributed by atoms with Crippen LogP contribution < -0.4 is 0 Å². The summed E-state index contributed by atoms with van der Waals surface area (Å²) < 4.78 is 9.65. The Labute approximate surface area is 178 Å². The zero-order valence-corrected chi connectivity index (χ0v) is 17.6. The van der Waals surface area contributed by atoms with Crippen LogP contribution in [-0.4, -0.2) is 64.9 Å². The van der Waals surface area contributed by atoms with Crippen LogP contribution in [-0.2, 0) is 23.9 Å². The number of benzene rings is 1. The number of esters is 2. The predicted molar refractivity (Wildman–Crippen MR) is 109 cm³/mol. The van der Waals surface area contributed by atoms with Gasteiger partial charge >= 0.3 is 29.6 Å². The monoisotopic (exact) mass is 426 g/mol. The fraction of sp³-hybridized carbons (Fsp3) is 0.286. The van der Waals surface area contributed by atoms with Crippen molar-refractivity contribution in [1.82, 2.24) is 9.80 Å². The standard InChI is InChI=1S/C21H22N4O6/c1-6-13-10-8-9-11-14(13)17-15(19(27)31-7-2)12(3)24(4)21(29)25(17)18(26)16(23-22)20(28)30-5/h6,8-11,17H,1,7H2,2-5H3. The Bertz CT molecular complexity index is 1040. The van der Waals surface area contributed by atoms with Crippen molar-refractivity contribution in [3.05, 3.63) is 58.8 Å². The van der Waals surface area contributed by atoms with Crippen molar-refractivity contribution in [2.45, 2.75) is 19.9 Å². The number of allylic oxidation sites excluding steroid dienone is 1. The van der Waals surface area contributed by atoms with E-state index in [9.17, 15) is 24.7 Å². The van der Waals surface area contributed by atoms with Crippen LogP contribution in [0.5, 0.6) is 0 Å². The molecule has 0 bridgehead atoms. The normalized spacial score (nSPS) is 15.9. The lowest BCUT2D eigenvalue weighted by Gasteiger charge is -2.39. The van der Waals surface area contributed by atoms with E-state index in [2.05, 4.69) is 16.1 Å². The molecule has 31 heavy (non-hydrogen) atoms. The van der Waals surface area contributed by atoms with Gasteiger partial charge in [0.05, 0.1) is 19.3 Å². The van der Waals surface area contributed by atoms with Crippen LogP contribution in [0.2, 0.25) is 0 Å². The summed E-state index contributed by atoms with van der Waals surface area (Å²) in [6, 6.07) is 4.57. The molecule has 0 spiro atoms.